The summed E-state index contributed by atoms with van der Waals surface area (Å²) in [4.78, 5) is 12.0. The van der Waals surface area contributed by atoms with Gasteiger partial charge in [-0.2, -0.15) is 4.68 Å². The fraction of sp³-hybridized carbons (Fsp3) is 0.125. The van der Waals surface area contributed by atoms with Crippen molar-refractivity contribution in [2.45, 2.75) is 13.5 Å². The molecule has 0 spiro atoms. The summed E-state index contributed by atoms with van der Waals surface area (Å²) in [6.07, 6.45) is 0. The molecule has 3 aromatic rings. The Labute approximate surface area is 131 Å². The highest BCUT2D eigenvalue weighted by Gasteiger charge is 2.13. The van der Waals surface area contributed by atoms with Gasteiger partial charge in [-0.1, -0.05) is 24.3 Å². The Hall–Kier alpha value is -3.09. The third-order valence-electron chi connectivity index (χ3n) is 3.27. The van der Waals surface area contributed by atoms with Crippen molar-refractivity contribution in [1.82, 2.24) is 20.2 Å². The van der Waals surface area contributed by atoms with Gasteiger partial charge >= 0.3 is 5.97 Å². The lowest BCUT2D eigenvalue weighted by Gasteiger charge is -2.06. The molecule has 6 nitrogen and oxygen atoms in total. The predicted molar refractivity (Wildman–Crippen MR) is 79.4 cm³/mol. The number of halogens is 1. The van der Waals surface area contributed by atoms with Crippen LogP contribution in [0.2, 0.25) is 0 Å². The molecule has 0 saturated heterocycles. The van der Waals surface area contributed by atoms with E-state index in [-0.39, 0.29) is 12.2 Å². The van der Waals surface area contributed by atoms with E-state index in [0.29, 0.717) is 11.4 Å². The van der Waals surface area contributed by atoms with Gasteiger partial charge in [-0.25, -0.2) is 9.18 Å². The molecule has 0 aliphatic carbocycles. The summed E-state index contributed by atoms with van der Waals surface area (Å²) < 4.78 is 20.1. The summed E-state index contributed by atoms with van der Waals surface area (Å²) in [5.74, 6) is -0.711. The van der Waals surface area contributed by atoms with Gasteiger partial charge in [0, 0.05) is 0 Å². The lowest BCUT2D eigenvalue weighted by Crippen LogP contribution is -2.10. The number of nitrogens with zero attached hydrogens (tertiary/aromatic N) is 4. The largest absolute Gasteiger partial charge is 0.454 e. The summed E-state index contributed by atoms with van der Waals surface area (Å²) in [5, 5.41) is 11.3. The first-order valence-electron chi connectivity index (χ1n) is 6.91. The van der Waals surface area contributed by atoms with E-state index in [1.54, 1.807) is 6.92 Å². The monoisotopic (exact) mass is 312 g/mol. The summed E-state index contributed by atoms with van der Waals surface area (Å²) in [6, 6.07) is 13.4. The number of benzene rings is 2. The third-order valence-corrected chi connectivity index (χ3v) is 3.27. The van der Waals surface area contributed by atoms with Gasteiger partial charge in [0.2, 0.25) is 0 Å². The molecular weight excluding hydrogens is 299 g/mol. The minimum absolute atomic E-state index is 0.115. The molecule has 1 heterocycles. The maximum atomic E-state index is 13.5. The number of ether oxygens (including phenoxy) is 1. The Morgan fingerprint density at radius 1 is 1.22 bits per heavy atom. The van der Waals surface area contributed by atoms with Crippen molar-refractivity contribution in [3.63, 3.8) is 0 Å². The smallest absolute Gasteiger partial charge is 0.338 e. The van der Waals surface area contributed by atoms with E-state index in [0.717, 1.165) is 11.8 Å². The molecule has 0 aliphatic heterocycles. The van der Waals surface area contributed by atoms with Crippen LogP contribution in [0.4, 0.5) is 4.39 Å². The molecule has 0 N–H and O–H groups in total. The Balaban J connectivity index is 1.73. The molecule has 0 fully saturated rings. The second-order valence-electron chi connectivity index (χ2n) is 4.88. The van der Waals surface area contributed by atoms with Crippen LogP contribution in [0.3, 0.4) is 0 Å². The molecule has 116 valence electrons. The number of aryl methyl sites for hydroxylation is 1. The molecule has 23 heavy (non-hydrogen) atoms. The van der Waals surface area contributed by atoms with E-state index in [1.165, 1.54) is 16.8 Å². The summed E-state index contributed by atoms with van der Waals surface area (Å²) in [5.41, 5.74) is 1.37. The van der Waals surface area contributed by atoms with Crippen LogP contribution in [-0.4, -0.2) is 26.2 Å². The molecular formula is C16H13FN4O2. The van der Waals surface area contributed by atoms with Crippen LogP contribution in [0.5, 0.6) is 0 Å². The highest BCUT2D eigenvalue weighted by molar-refractivity contribution is 5.89. The number of esters is 1. The second-order valence-corrected chi connectivity index (χ2v) is 4.88. The minimum Gasteiger partial charge on any atom is -0.454 e. The van der Waals surface area contributed by atoms with E-state index < -0.39 is 11.8 Å². The van der Waals surface area contributed by atoms with Crippen LogP contribution >= 0.6 is 0 Å². The van der Waals surface area contributed by atoms with Gasteiger partial charge in [0.25, 0.3) is 0 Å². The normalized spacial score (nSPS) is 10.5. The van der Waals surface area contributed by atoms with Crippen LogP contribution in [-0.2, 0) is 11.3 Å². The average Bonchev–Trinajstić information content (AvgIpc) is 3.04. The third kappa shape index (κ3) is 3.23. The van der Waals surface area contributed by atoms with Crippen molar-refractivity contribution in [2.24, 2.45) is 0 Å². The van der Waals surface area contributed by atoms with Crippen LogP contribution in [0.25, 0.3) is 5.69 Å². The fourth-order valence-electron chi connectivity index (χ4n) is 2.00. The number of carbonyl (C=O) groups excluding carboxylic acids is 1. The van der Waals surface area contributed by atoms with Crippen molar-refractivity contribution in [3.05, 3.63) is 71.3 Å². The van der Waals surface area contributed by atoms with Crippen LogP contribution in [0.1, 0.15) is 21.7 Å². The van der Waals surface area contributed by atoms with Gasteiger partial charge in [0.1, 0.15) is 5.82 Å². The molecule has 3 rings (SSSR count). The van der Waals surface area contributed by atoms with E-state index >= 15 is 0 Å². The molecule has 0 atom stereocenters. The molecule has 0 aliphatic rings. The van der Waals surface area contributed by atoms with Gasteiger partial charge in [-0.3, -0.25) is 0 Å². The fourth-order valence-corrected chi connectivity index (χ4v) is 2.00. The maximum absolute atomic E-state index is 13.5. The Kier molecular flexibility index (Phi) is 4.09. The lowest BCUT2D eigenvalue weighted by molar-refractivity contribution is 0.0459. The zero-order chi connectivity index (χ0) is 16.2. The highest BCUT2D eigenvalue weighted by atomic mass is 19.1. The minimum atomic E-state index is -0.633. The number of para-hydroxylation sites is 1. The number of tetrazole rings is 1. The Bertz CT molecular complexity index is 833. The van der Waals surface area contributed by atoms with Crippen molar-refractivity contribution in [2.75, 3.05) is 0 Å². The molecule has 0 amide bonds. The molecule has 0 saturated carbocycles. The Morgan fingerprint density at radius 3 is 2.74 bits per heavy atom. The van der Waals surface area contributed by atoms with Gasteiger partial charge in [-0.15, -0.1) is 5.10 Å². The van der Waals surface area contributed by atoms with Crippen LogP contribution < -0.4 is 0 Å². The summed E-state index contributed by atoms with van der Waals surface area (Å²) in [7, 11) is 0. The first-order valence-corrected chi connectivity index (χ1v) is 6.91. The SMILES string of the molecule is Cc1ccc(C(=O)OCc2nnnn2-c2ccccc2)cc1F. The maximum Gasteiger partial charge on any atom is 0.338 e. The van der Waals surface area contributed by atoms with Crippen LogP contribution in [0, 0.1) is 12.7 Å². The van der Waals surface area contributed by atoms with E-state index in [2.05, 4.69) is 15.5 Å². The molecule has 1 aromatic heterocycles. The lowest BCUT2D eigenvalue weighted by atomic mass is 10.1. The van der Waals surface area contributed by atoms with Crippen molar-refractivity contribution < 1.29 is 13.9 Å². The zero-order valence-electron chi connectivity index (χ0n) is 12.3. The molecule has 2 aromatic carbocycles. The molecule has 0 unspecified atom stereocenters. The predicted octanol–water partition coefficient (Wildman–Crippen LogP) is 2.47. The quantitative estimate of drug-likeness (QED) is 0.692. The number of carbonyl (C=O) groups is 1. The van der Waals surface area contributed by atoms with Crippen molar-refractivity contribution >= 4 is 5.97 Å². The first-order chi connectivity index (χ1) is 11.1. The van der Waals surface area contributed by atoms with Crippen LogP contribution in [0.15, 0.2) is 48.5 Å². The molecule has 0 radical (unpaired) electrons. The van der Waals surface area contributed by atoms with Gasteiger partial charge in [0.15, 0.2) is 12.4 Å². The number of hydrogen-bond donors (Lipinski definition) is 0. The van der Waals surface area contributed by atoms with E-state index in [9.17, 15) is 9.18 Å². The molecule has 7 heteroatoms. The zero-order valence-corrected chi connectivity index (χ0v) is 12.3. The number of aromatic nitrogens is 4. The standard InChI is InChI=1S/C16H13FN4O2/c1-11-7-8-12(9-14(11)17)16(22)23-10-15-18-19-20-21(15)13-5-3-2-4-6-13/h2-9H,10H2,1H3. The molecule has 0 bridgehead atoms. The van der Waals surface area contributed by atoms with Gasteiger partial charge in [0.05, 0.1) is 11.3 Å². The summed E-state index contributed by atoms with van der Waals surface area (Å²) >= 11 is 0. The Morgan fingerprint density at radius 2 is 2.00 bits per heavy atom. The average molecular weight is 312 g/mol. The van der Waals surface area contributed by atoms with E-state index in [1.807, 2.05) is 30.3 Å². The van der Waals surface area contributed by atoms with Gasteiger partial charge < -0.3 is 4.74 Å². The van der Waals surface area contributed by atoms with Gasteiger partial charge in [-0.05, 0) is 47.2 Å². The first kappa shape index (κ1) is 14.8. The van der Waals surface area contributed by atoms with Crippen molar-refractivity contribution in [1.29, 1.82) is 0 Å². The van der Waals surface area contributed by atoms with E-state index in [4.69, 9.17) is 4.74 Å². The summed E-state index contributed by atoms with van der Waals surface area (Å²) in [6.45, 7) is 1.51. The number of hydrogen-bond acceptors (Lipinski definition) is 5. The van der Waals surface area contributed by atoms with Crippen molar-refractivity contribution in [3.8, 4) is 5.69 Å². The topological polar surface area (TPSA) is 69.9 Å². The number of rotatable bonds is 4. The highest BCUT2D eigenvalue weighted by Crippen LogP contribution is 2.12. The second kappa shape index (κ2) is 6.35.